The average Bonchev–Trinajstić information content (AvgIpc) is 2.69. The number of benzene rings is 1. The lowest BCUT2D eigenvalue weighted by molar-refractivity contribution is 0.649. The van der Waals surface area contributed by atoms with E-state index in [0.717, 1.165) is 12.2 Å². The highest BCUT2D eigenvalue weighted by Gasteiger charge is 1.99. The lowest BCUT2D eigenvalue weighted by Crippen LogP contribution is -2.00. The zero-order valence-corrected chi connectivity index (χ0v) is 10.3. The molecule has 0 bridgehead atoms. The van der Waals surface area contributed by atoms with E-state index in [1.165, 1.54) is 9.13 Å². The van der Waals surface area contributed by atoms with Gasteiger partial charge in [-0.2, -0.15) is 0 Å². The lowest BCUT2D eigenvalue weighted by Gasteiger charge is -2.00. The van der Waals surface area contributed by atoms with Crippen molar-refractivity contribution in [3.05, 3.63) is 45.3 Å². The van der Waals surface area contributed by atoms with Crippen LogP contribution in [0.5, 0.6) is 0 Å². The SMILES string of the molecule is NCc1cn(Cc2ccc(I)cc2)nn1. The summed E-state index contributed by atoms with van der Waals surface area (Å²) >= 11 is 2.29. The van der Waals surface area contributed by atoms with Crippen molar-refractivity contribution in [2.45, 2.75) is 13.1 Å². The van der Waals surface area contributed by atoms with Gasteiger partial charge in [0.1, 0.15) is 0 Å². The molecule has 2 aromatic rings. The van der Waals surface area contributed by atoms with Crippen molar-refractivity contribution >= 4 is 22.6 Å². The zero-order valence-electron chi connectivity index (χ0n) is 8.10. The van der Waals surface area contributed by atoms with Gasteiger partial charge in [-0.05, 0) is 40.3 Å². The van der Waals surface area contributed by atoms with Gasteiger partial charge in [0.05, 0.1) is 18.4 Å². The third-order valence-electron chi connectivity index (χ3n) is 2.05. The van der Waals surface area contributed by atoms with Gasteiger partial charge in [-0.25, -0.2) is 4.68 Å². The van der Waals surface area contributed by atoms with E-state index in [1.54, 1.807) is 4.68 Å². The molecule has 4 nitrogen and oxygen atoms in total. The van der Waals surface area contributed by atoms with Crippen LogP contribution in [0.4, 0.5) is 0 Å². The highest BCUT2D eigenvalue weighted by atomic mass is 127. The molecule has 0 radical (unpaired) electrons. The first-order valence-corrected chi connectivity index (χ1v) is 5.69. The van der Waals surface area contributed by atoms with E-state index in [1.807, 2.05) is 6.20 Å². The summed E-state index contributed by atoms with van der Waals surface area (Å²) in [7, 11) is 0. The van der Waals surface area contributed by atoms with E-state index in [-0.39, 0.29) is 0 Å². The van der Waals surface area contributed by atoms with Crippen molar-refractivity contribution in [2.24, 2.45) is 5.73 Å². The molecule has 2 N–H and O–H groups in total. The first kappa shape index (κ1) is 10.6. The molecule has 0 aliphatic heterocycles. The lowest BCUT2D eigenvalue weighted by atomic mass is 10.2. The molecule has 15 heavy (non-hydrogen) atoms. The van der Waals surface area contributed by atoms with Gasteiger partial charge >= 0.3 is 0 Å². The van der Waals surface area contributed by atoms with Crippen LogP contribution in [0.2, 0.25) is 0 Å². The Balaban J connectivity index is 2.11. The maximum atomic E-state index is 5.46. The molecule has 2 rings (SSSR count). The highest BCUT2D eigenvalue weighted by Crippen LogP contribution is 2.07. The number of nitrogens with zero attached hydrogens (tertiary/aromatic N) is 3. The topological polar surface area (TPSA) is 56.7 Å². The molecule has 1 aromatic carbocycles. The van der Waals surface area contributed by atoms with Crippen molar-refractivity contribution in [1.29, 1.82) is 0 Å². The van der Waals surface area contributed by atoms with E-state index in [9.17, 15) is 0 Å². The minimum Gasteiger partial charge on any atom is -0.325 e. The van der Waals surface area contributed by atoms with Crippen molar-refractivity contribution in [2.75, 3.05) is 0 Å². The van der Waals surface area contributed by atoms with Gasteiger partial charge in [0.15, 0.2) is 0 Å². The van der Waals surface area contributed by atoms with Crippen LogP contribution >= 0.6 is 22.6 Å². The molecule has 0 amide bonds. The summed E-state index contributed by atoms with van der Waals surface area (Å²) in [6.45, 7) is 1.18. The van der Waals surface area contributed by atoms with Crippen LogP contribution in [0, 0.1) is 3.57 Å². The Morgan fingerprint density at radius 1 is 1.27 bits per heavy atom. The third kappa shape index (κ3) is 2.75. The summed E-state index contributed by atoms with van der Waals surface area (Å²) in [4.78, 5) is 0. The average molecular weight is 314 g/mol. The molecule has 0 saturated heterocycles. The monoisotopic (exact) mass is 314 g/mol. The normalized spacial score (nSPS) is 10.5. The molecular formula is C10H11IN4. The van der Waals surface area contributed by atoms with Crippen LogP contribution < -0.4 is 5.73 Å². The smallest absolute Gasteiger partial charge is 0.0962 e. The molecule has 78 valence electrons. The molecule has 1 aromatic heterocycles. The van der Waals surface area contributed by atoms with Crippen LogP contribution in [0.25, 0.3) is 0 Å². The van der Waals surface area contributed by atoms with Crippen LogP contribution in [0.1, 0.15) is 11.3 Å². The Kier molecular flexibility index (Phi) is 3.32. The predicted octanol–water partition coefficient (Wildman–Crippen LogP) is 1.39. The van der Waals surface area contributed by atoms with Crippen LogP contribution in [0.15, 0.2) is 30.5 Å². The second-order valence-electron chi connectivity index (χ2n) is 3.24. The standard InChI is InChI=1S/C10H11IN4/c11-9-3-1-8(2-4-9)6-15-7-10(5-12)13-14-15/h1-4,7H,5-6,12H2. The predicted molar refractivity (Wildman–Crippen MR) is 66.2 cm³/mol. The quantitative estimate of drug-likeness (QED) is 0.871. The molecule has 0 aliphatic rings. The highest BCUT2D eigenvalue weighted by molar-refractivity contribution is 14.1. The molecular weight excluding hydrogens is 303 g/mol. The second-order valence-corrected chi connectivity index (χ2v) is 4.48. The van der Waals surface area contributed by atoms with Crippen LogP contribution in [0.3, 0.4) is 0 Å². The Hall–Kier alpha value is -0.950. The summed E-state index contributed by atoms with van der Waals surface area (Å²) in [5, 5.41) is 7.92. The molecule has 0 saturated carbocycles. The summed E-state index contributed by atoms with van der Waals surface area (Å²) in [6, 6.07) is 8.34. The number of aromatic nitrogens is 3. The van der Waals surface area contributed by atoms with Gasteiger partial charge in [0.25, 0.3) is 0 Å². The van der Waals surface area contributed by atoms with E-state index in [0.29, 0.717) is 6.54 Å². The van der Waals surface area contributed by atoms with Gasteiger partial charge in [-0.1, -0.05) is 17.3 Å². The minimum atomic E-state index is 0.437. The van der Waals surface area contributed by atoms with Crippen LogP contribution in [-0.4, -0.2) is 15.0 Å². The number of hydrogen-bond donors (Lipinski definition) is 1. The van der Waals surface area contributed by atoms with Gasteiger partial charge in [0.2, 0.25) is 0 Å². The number of hydrogen-bond acceptors (Lipinski definition) is 3. The van der Waals surface area contributed by atoms with E-state index in [2.05, 4.69) is 57.2 Å². The number of rotatable bonds is 3. The first-order valence-electron chi connectivity index (χ1n) is 4.61. The van der Waals surface area contributed by atoms with E-state index >= 15 is 0 Å². The number of nitrogens with two attached hydrogens (primary N) is 1. The minimum absolute atomic E-state index is 0.437. The van der Waals surface area contributed by atoms with Gasteiger partial charge < -0.3 is 5.73 Å². The Morgan fingerprint density at radius 2 is 2.00 bits per heavy atom. The largest absolute Gasteiger partial charge is 0.325 e. The van der Waals surface area contributed by atoms with Crippen molar-refractivity contribution in [1.82, 2.24) is 15.0 Å². The molecule has 0 unspecified atom stereocenters. The van der Waals surface area contributed by atoms with E-state index in [4.69, 9.17) is 5.73 Å². The first-order chi connectivity index (χ1) is 7.28. The molecule has 0 fully saturated rings. The molecule has 0 atom stereocenters. The fourth-order valence-corrected chi connectivity index (χ4v) is 1.65. The van der Waals surface area contributed by atoms with Gasteiger partial charge in [0, 0.05) is 10.1 Å². The summed E-state index contributed by atoms with van der Waals surface area (Å²) in [5.74, 6) is 0. The summed E-state index contributed by atoms with van der Waals surface area (Å²) in [5.41, 5.74) is 7.49. The van der Waals surface area contributed by atoms with Gasteiger partial charge in [-0.3, -0.25) is 0 Å². The summed E-state index contributed by atoms with van der Waals surface area (Å²) in [6.07, 6.45) is 1.87. The molecule has 5 heteroatoms. The second kappa shape index (κ2) is 4.71. The molecule has 0 aliphatic carbocycles. The Bertz CT molecular complexity index is 435. The Labute approximate surface area is 102 Å². The van der Waals surface area contributed by atoms with Crippen molar-refractivity contribution in [3.8, 4) is 0 Å². The molecule has 1 heterocycles. The third-order valence-corrected chi connectivity index (χ3v) is 2.77. The maximum Gasteiger partial charge on any atom is 0.0962 e. The van der Waals surface area contributed by atoms with E-state index < -0.39 is 0 Å². The Morgan fingerprint density at radius 3 is 2.60 bits per heavy atom. The zero-order chi connectivity index (χ0) is 10.7. The van der Waals surface area contributed by atoms with Crippen LogP contribution in [-0.2, 0) is 13.1 Å². The fraction of sp³-hybridized carbons (Fsp3) is 0.200. The number of halogens is 1. The molecule has 0 spiro atoms. The maximum absolute atomic E-state index is 5.46. The van der Waals surface area contributed by atoms with Crippen molar-refractivity contribution in [3.63, 3.8) is 0 Å². The fourth-order valence-electron chi connectivity index (χ4n) is 1.29. The van der Waals surface area contributed by atoms with Gasteiger partial charge in [-0.15, -0.1) is 5.10 Å². The van der Waals surface area contributed by atoms with Crippen molar-refractivity contribution < 1.29 is 0 Å². The summed E-state index contributed by atoms with van der Waals surface area (Å²) < 4.78 is 3.03.